The number of nitrogens with zero attached hydrogens (tertiary/aromatic N) is 1. The molecule has 1 aliphatic heterocycles. The quantitative estimate of drug-likeness (QED) is 0.918. The van der Waals surface area contributed by atoms with Gasteiger partial charge in [-0.1, -0.05) is 0 Å². The fourth-order valence-corrected chi connectivity index (χ4v) is 3.29. The van der Waals surface area contributed by atoms with Crippen LogP contribution in [-0.4, -0.2) is 34.5 Å². The summed E-state index contributed by atoms with van der Waals surface area (Å²) in [4.78, 5) is 2.52. The van der Waals surface area contributed by atoms with Gasteiger partial charge in [0.1, 0.15) is 5.76 Å². The molecule has 1 aliphatic rings. The van der Waals surface area contributed by atoms with Crippen molar-refractivity contribution >= 4 is 11.8 Å². The largest absolute Gasteiger partial charge is 0.468 e. The van der Waals surface area contributed by atoms with Crippen LogP contribution in [0, 0.1) is 0 Å². The summed E-state index contributed by atoms with van der Waals surface area (Å²) in [5.41, 5.74) is 1.43. The molecular formula is C15H26N2OS. The Hall–Kier alpha value is -0.450. The summed E-state index contributed by atoms with van der Waals surface area (Å²) < 4.78 is 5.69. The maximum atomic E-state index is 5.69. The number of hydrogen-bond acceptors (Lipinski definition) is 4. The summed E-state index contributed by atoms with van der Waals surface area (Å²) in [5, 5.41) is 3.53. The van der Waals surface area contributed by atoms with Crippen molar-refractivity contribution in [2.75, 3.05) is 18.1 Å². The van der Waals surface area contributed by atoms with E-state index in [2.05, 4.69) is 55.7 Å². The zero-order chi connectivity index (χ0) is 13.9. The maximum Gasteiger partial charge on any atom is 0.122 e. The van der Waals surface area contributed by atoms with Gasteiger partial charge in [-0.3, -0.25) is 4.90 Å². The fourth-order valence-electron chi connectivity index (χ4n) is 2.20. The molecule has 0 bridgehead atoms. The average Bonchev–Trinajstić information content (AvgIpc) is 2.76. The first-order valence-electron chi connectivity index (χ1n) is 7.08. The van der Waals surface area contributed by atoms with Crippen LogP contribution in [-0.2, 0) is 13.1 Å². The van der Waals surface area contributed by atoms with Crippen LogP contribution in [0.4, 0.5) is 0 Å². The highest BCUT2D eigenvalue weighted by atomic mass is 32.2. The lowest BCUT2D eigenvalue weighted by molar-refractivity contribution is 0.205. The van der Waals surface area contributed by atoms with Gasteiger partial charge < -0.3 is 9.73 Å². The predicted octanol–water partition coefficient (Wildman–Crippen LogP) is 3.11. The van der Waals surface area contributed by atoms with Crippen LogP contribution in [0.15, 0.2) is 16.7 Å². The van der Waals surface area contributed by atoms with E-state index in [1.54, 1.807) is 0 Å². The summed E-state index contributed by atoms with van der Waals surface area (Å²) >= 11 is 2.05. The molecule has 3 nitrogen and oxygen atoms in total. The van der Waals surface area contributed by atoms with Gasteiger partial charge in [-0.25, -0.2) is 0 Å². The number of furan rings is 1. The minimum atomic E-state index is 0.142. The van der Waals surface area contributed by atoms with Crippen LogP contribution in [0.5, 0.6) is 0 Å². The Labute approximate surface area is 121 Å². The molecular weight excluding hydrogens is 256 g/mol. The lowest BCUT2D eigenvalue weighted by Gasteiger charge is -2.32. The summed E-state index contributed by atoms with van der Waals surface area (Å²) in [6.45, 7) is 11.9. The van der Waals surface area contributed by atoms with E-state index in [0.717, 1.165) is 18.8 Å². The van der Waals surface area contributed by atoms with Crippen molar-refractivity contribution in [3.63, 3.8) is 0 Å². The first-order chi connectivity index (χ1) is 8.96. The average molecular weight is 282 g/mol. The third-order valence-corrected chi connectivity index (χ3v) is 4.69. The van der Waals surface area contributed by atoms with Crippen molar-refractivity contribution in [2.24, 2.45) is 0 Å². The molecule has 0 amide bonds. The summed E-state index contributed by atoms with van der Waals surface area (Å²) in [6.07, 6.45) is 1.82. The summed E-state index contributed by atoms with van der Waals surface area (Å²) in [6, 6.07) is 2.74. The van der Waals surface area contributed by atoms with Gasteiger partial charge in [0.2, 0.25) is 0 Å². The molecule has 0 radical (unpaired) electrons. The van der Waals surface area contributed by atoms with E-state index >= 15 is 0 Å². The molecule has 108 valence electrons. The zero-order valence-corrected chi connectivity index (χ0v) is 13.3. The predicted molar refractivity (Wildman–Crippen MR) is 82.5 cm³/mol. The van der Waals surface area contributed by atoms with E-state index in [-0.39, 0.29) is 5.54 Å². The number of thioether (sulfide) groups is 1. The minimum Gasteiger partial charge on any atom is -0.468 e. The Balaban J connectivity index is 1.95. The highest BCUT2D eigenvalue weighted by Crippen LogP contribution is 2.21. The van der Waals surface area contributed by atoms with E-state index in [4.69, 9.17) is 4.42 Å². The van der Waals surface area contributed by atoms with Crippen molar-refractivity contribution in [1.29, 1.82) is 0 Å². The van der Waals surface area contributed by atoms with Crippen LogP contribution in [0.25, 0.3) is 0 Å². The molecule has 1 saturated heterocycles. The highest BCUT2D eigenvalue weighted by molar-refractivity contribution is 7.99. The Kier molecular flexibility index (Phi) is 4.98. The van der Waals surface area contributed by atoms with Crippen LogP contribution in [0.3, 0.4) is 0 Å². The Bertz CT molecular complexity index is 397. The molecule has 1 unspecified atom stereocenters. The lowest BCUT2D eigenvalue weighted by atomic mass is 10.1. The van der Waals surface area contributed by atoms with Gasteiger partial charge >= 0.3 is 0 Å². The standard InChI is InChI=1S/C15H26N2OS/c1-12-11-19-8-6-17(12)10-14-13(5-7-18-14)9-16-15(2,3)4/h5,7,12,16H,6,8-11H2,1-4H3. The van der Waals surface area contributed by atoms with E-state index in [1.165, 1.54) is 23.6 Å². The van der Waals surface area contributed by atoms with Gasteiger partial charge in [0, 0.05) is 41.7 Å². The second-order valence-electron chi connectivity index (χ2n) is 6.37. The van der Waals surface area contributed by atoms with Crippen molar-refractivity contribution < 1.29 is 4.42 Å². The Morgan fingerprint density at radius 3 is 2.95 bits per heavy atom. The van der Waals surface area contributed by atoms with E-state index < -0.39 is 0 Å². The smallest absolute Gasteiger partial charge is 0.122 e. The topological polar surface area (TPSA) is 28.4 Å². The van der Waals surface area contributed by atoms with Gasteiger partial charge in [0.15, 0.2) is 0 Å². The van der Waals surface area contributed by atoms with Crippen LogP contribution < -0.4 is 5.32 Å². The van der Waals surface area contributed by atoms with Gasteiger partial charge in [-0.05, 0) is 33.8 Å². The maximum absolute atomic E-state index is 5.69. The normalized spacial score (nSPS) is 21.8. The molecule has 0 aliphatic carbocycles. The third kappa shape index (κ3) is 4.55. The van der Waals surface area contributed by atoms with Crippen LogP contribution in [0.2, 0.25) is 0 Å². The molecule has 2 rings (SSSR count). The van der Waals surface area contributed by atoms with Gasteiger partial charge in [-0.15, -0.1) is 0 Å². The van der Waals surface area contributed by atoms with Crippen molar-refractivity contribution in [2.45, 2.75) is 52.4 Å². The van der Waals surface area contributed by atoms with E-state index in [9.17, 15) is 0 Å². The number of hydrogen-bond donors (Lipinski definition) is 1. The van der Waals surface area contributed by atoms with Gasteiger partial charge in [0.05, 0.1) is 12.8 Å². The Morgan fingerprint density at radius 2 is 2.26 bits per heavy atom. The highest BCUT2D eigenvalue weighted by Gasteiger charge is 2.21. The molecule has 1 aromatic heterocycles. The fraction of sp³-hybridized carbons (Fsp3) is 0.733. The second-order valence-corrected chi connectivity index (χ2v) is 7.52. The van der Waals surface area contributed by atoms with Crippen LogP contribution in [0.1, 0.15) is 39.0 Å². The van der Waals surface area contributed by atoms with Crippen molar-refractivity contribution in [3.8, 4) is 0 Å². The minimum absolute atomic E-state index is 0.142. The van der Waals surface area contributed by atoms with Crippen molar-refractivity contribution in [3.05, 3.63) is 23.7 Å². The Morgan fingerprint density at radius 1 is 1.47 bits per heavy atom. The summed E-state index contributed by atoms with van der Waals surface area (Å²) in [5.74, 6) is 3.59. The summed E-state index contributed by atoms with van der Waals surface area (Å²) in [7, 11) is 0. The van der Waals surface area contributed by atoms with Crippen molar-refractivity contribution in [1.82, 2.24) is 10.2 Å². The number of rotatable bonds is 4. The van der Waals surface area contributed by atoms with Gasteiger partial charge in [-0.2, -0.15) is 11.8 Å². The molecule has 0 spiro atoms. The van der Waals surface area contributed by atoms with Crippen LogP contribution >= 0.6 is 11.8 Å². The second kappa shape index (κ2) is 6.33. The zero-order valence-electron chi connectivity index (χ0n) is 12.5. The molecule has 1 N–H and O–H groups in total. The molecule has 1 aromatic rings. The molecule has 1 atom stereocenters. The lowest BCUT2D eigenvalue weighted by Crippen LogP contribution is -2.40. The molecule has 4 heteroatoms. The third-order valence-electron chi connectivity index (χ3n) is 3.50. The first kappa shape index (κ1) is 14.9. The molecule has 1 fully saturated rings. The van der Waals surface area contributed by atoms with E-state index in [1.807, 2.05) is 6.26 Å². The molecule has 0 saturated carbocycles. The number of nitrogens with one attached hydrogen (secondary N) is 1. The monoisotopic (exact) mass is 282 g/mol. The molecule has 19 heavy (non-hydrogen) atoms. The SMILES string of the molecule is CC1CSCCN1Cc1occc1CNC(C)(C)C. The van der Waals surface area contributed by atoms with E-state index in [0.29, 0.717) is 6.04 Å². The first-order valence-corrected chi connectivity index (χ1v) is 8.23. The molecule has 2 heterocycles. The van der Waals surface area contributed by atoms with Gasteiger partial charge in [0.25, 0.3) is 0 Å². The molecule has 0 aromatic carbocycles.